The molecule has 0 saturated heterocycles. The molecule has 0 saturated carbocycles. The highest BCUT2D eigenvalue weighted by molar-refractivity contribution is 7.99. The van der Waals surface area contributed by atoms with E-state index in [-0.39, 0.29) is 43.7 Å². The van der Waals surface area contributed by atoms with E-state index in [1.807, 2.05) is 98.8 Å². The molecular formula is C43H52N2O6S. The molecule has 9 heteroatoms. The summed E-state index contributed by atoms with van der Waals surface area (Å²) in [5.74, 6) is 0.113. The molecule has 0 aliphatic carbocycles. The second-order valence-corrected chi connectivity index (χ2v) is 14.7. The third kappa shape index (κ3) is 11.8. The van der Waals surface area contributed by atoms with Crippen LogP contribution in [0, 0.1) is 5.41 Å². The summed E-state index contributed by atoms with van der Waals surface area (Å²) in [6, 6.07) is 40.0. The predicted molar refractivity (Wildman–Crippen MR) is 208 cm³/mol. The van der Waals surface area contributed by atoms with Crippen molar-refractivity contribution < 1.29 is 29.0 Å². The molecule has 276 valence electrons. The van der Waals surface area contributed by atoms with Crippen molar-refractivity contribution in [1.29, 1.82) is 0 Å². The first-order chi connectivity index (χ1) is 25.2. The minimum atomic E-state index is -1.23. The zero-order valence-corrected chi connectivity index (χ0v) is 31.3. The Hall–Kier alpha value is -4.44. The maximum atomic E-state index is 13.0. The number of ether oxygens (including phenoxy) is 2. The Kier molecular flexibility index (Phi) is 15.9. The lowest BCUT2D eigenvalue weighted by atomic mass is 9.79. The van der Waals surface area contributed by atoms with Crippen LogP contribution in [-0.4, -0.2) is 66.8 Å². The van der Waals surface area contributed by atoms with Gasteiger partial charge in [-0.2, -0.15) is 11.8 Å². The molecule has 0 aromatic heterocycles. The van der Waals surface area contributed by atoms with Crippen LogP contribution in [0.3, 0.4) is 0 Å². The molecule has 2 atom stereocenters. The molecule has 0 spiro atoms. The summed E-state index contributed by atoms with van der Waals surface area (Å²) in [5, 5.41) is 16.5. The van der Waals surface area contributed by atoms with Gasteiger partial charge in [-0.25, -0.2) is 4.79 Å². The molecule has 2 unspecified atom stereocenters. The number of benzene rings is 4. The summed E-state index contributed by atoms with van der Waals surface area (Å²) in [6.07, 6.45) is -0.243. The van der Waals surface area contributed by atoms with Gasteiger partial charge in [0.05, 0.1) is 13.2 Å². The van der Waals surface area contributed by atoms with Gasteiger partial charge in [-0.1, -0.05) is 135 Å². The Labute approximate surface area is 312 Å². The van der Waals surface area contributed by atoms with Crippen molar-refractivity contribution >= 4 is 29.5 Å². The van der Waals surface area contributed by atoms with Gasteiger partial charge in [-0.3, -0.25) is 9.59 Å². The van der Waals surface area contributed by atoms with E-state index in [9.17, 15) is 19.5 Å². The highest BCUT2D eigenvalue weighted by Crippen LogP contribution is 2.42. The lowest BCUT2D eigenvalue weighted by Crippen LogP contribution is -2.39. The number of thioether (sulfide) groups is 1. The summed E-state index contributed by atoms with van der Waals surface area (Å²) < 4.78 is 12.0. The van der Waals surface area contributed by atoms with Crippen molar-refractivity contribution in [2.75, 3.05) is 37.8 Å². The summed E-state index contributed by atoms with van der Waals surface area (Å²) in [5.41, 5.74) is 2.51. The third-order valence-electron chi connectivity index (χ3n) is 8.81. The van der Waals surface area contributed by atoms with Crippen molar-refractivity contribution in [3.63, 3.8) is 0 Å². The number of rotatable bonds is 21. The lowest BCUT2D eigenvalue weighted by molar-refractivity contribution is -0.154. The molecule has 4 aromatic carbocycles. The van der Waals surface area contributed by atoms with E-state index in [0.717, 1.165) is 22.3 Å². The molecule has 0 heterocycles. The van der Waals surface area contributed by atoms with Gasteiger partial charge >= 0.3 is 5.97 Å². The minimum absolute atomic E-state index is 0.137. The van der Waals surface area contributed by atoms with Gasteiger partial charge in [0.2, 0.25) is 11.8 Å². The van der Waals surface area contributed by atoms with Crippen LogP contribution >= 0.6 is 11.8 Å². The first-order valence-electron chi connectivity index (χ1n) is 18.0. The van der Waals surface area contributed by atoms with Gasteiger partial charge in [0.1, 0.15) is 5.60 Å². The number of carbonyl (C=O) groups excluding carboxylic acids is 3. The Bertz CT molecular complexity index is 1560. The number of nitrogens with one attached hydrogen (secondary N) is 2. The maximum Gasteiger partial charge on any atom is 0.335 e. The number of hydrogen-bond donors (Lipinski definition) is 3. The number of aliphatic hydroxyl groups is 1. The first kappa shape index (κ1) is 40.3. The molecule has 0 bridgehead atoms. The number of aliphatic hydroxyl groups excluding tert-OH is 1. The smallest absolute Gasteiger partial charge is 0.335 e. The molecule has 52 heavy (non-hydrogen) atoms. The highest BCUT2D eigenvalue weighted by Gasteiger charge is 2.39. The van der Waals surface area contributed by atoms with Gasteiger partial charge in [0.25, 0.3) is 0 Å². The Balaban J connectivity index is 1.22. The van der Waals surface area contributed by atoms with Gasteiger partial charge in [0, 0.05) is 37.6 Å². The van der Waals surface area contributed by atoms with Crippen molar-refractivity contribution in [2.24, 2.45) is 5.41 Å². The Morgan fingerprint density at radius 2 is 1.21 bits per heavy atom. The van der Waals surface area contributed by atoms with Gasteiger partial charge in [0.15, 0.2) is 6.10 Å². The van der Waals surface area contributed by atoms with E-state index in [0.29, 0.717) is 31.1 Å². The van der Waals surface area contributed by atoms with Crippen LogP contribution in [0.4, 0.5) is 0 Å². The Morgan fingerprint density at radius 3 is 1.73 bits per heavy atom. The molecule has 2 amide bonds. The van der Waals surface area contributed by atoms with Gasteiger partial charge in [-0.05, 0) is 46.8 Å². The van der Waals surface area contributed by atoms with Crippen LogP contribution in [-0.2, 0) is 29.5 Å². The Morgan fingerprint density at radius 1 is 0.712 bits per heavy atom. The zero-order valence-electron chi connectivity index (χ0n) is 30.5. The summed E-state index contributed by atoms with van der Waals surface area (Å²) in [7, 11) is 0. The van der Waals surface area contributed by atoms with E-state index >= 15 is 0 Å². The molecular weight excluding hydrogens is 673 g/mol. The van der Waals surface area contributed by atoms with Gasteiger partial charge < -0.3 is 25.2 Å². The maximum absolute atomic E-state index is 13.0. The fourth-order valence-electron chi connectivity index (χ4n) is 6.20. The van der Waals surface area contributed by atoms with Crippen LogP contribution in [0.25, 0.3) is 0 Å². The molecule has 4 aromatic rings. The van der Waals surface area contributed by atoms with Crippen LogP contribution in [0.5, 0.6) is 0 Å². The SMILES string of the molecule is CCOC(=O)C(O)C(CCSCCNC(=O)CCNC(=O)CC(C)(C)COC(c1ccccc1)(c1ccccc1)c1ccccc1)c1ccccc1. The van der Waals surface area contributed by atoms with E-state index in [4.69, 9.17) is 9.47 Å². The van der Waals surface area contributed by atoms with E-state index in [2.05, 4.69) is 47.0 Å². The molecule has 0 aliphatic rings. The van der Waals surface area contributed by atoms with Crippen LogP contribution in [0.15, 0.2) is 121 Å². The highest BCUT2D eigenvalue weighted by atomic mass is 32.2. The van der Waals surface area contributed by atoms with Crippen molar-refractivity contribution in [3.8, 4) is 0 Å². The molecule has 8 nitrogen and oxygen atoms in total. The minimum Gasteiger partial charge on any atom is -0.464 e. The van der Waals surface area contributed by atoms with E-state index in [1.54, 1.807) is 18.7 Å². The molecule has 0 radical (unpaired) electrons. The topological polar surface area (TPSA) is 114 Å². The molecule has 4 rings (SSSR count). The summed E-state index contributed by atoms with van der Waals surface area (Å²) in [6.45, 7) is 6.98. The summed E-state index contributed by atoms with van der Waals surface area (Å²) >= 11 is 1.64. The summed E-state index contributed by atoms with van der Waals surface area (Å²) in [4.78, 5) is 37.8. The average Bonchev–Trinajstić information content (AvgIpc) is 3.16. The van der Waals surface area contributed by atoms with Crippen molar-refractivity contribution in [1.82, 2.24) is 10.6 Å². The predicted octanol–water partition coefficient (Wildman–Crippen LogP) is 6.87. The monoisotopic (exact) mass is 724 g/mol. The van der Waals surface area contributed by atoms with Gasteiger partial charge in [-0.15, -0.1) is 0 Å². The normalized spacial score (nSPS) is 12.8. The number of amides is 2. The second kappa shape index (κ2) is 20.6. The molecule has 3 N–H and O–H groups in total. The van der Waals surface area contributed by atoms with E-state index < -0.39 is 23.1 Å². The second-order valence-electron chi connectivity index (χ2n) is 13.5. The average molecular weight is 725 g/mol. The van der Waals surface area contributed by atoms with Crippen molar-refractivity contribution in [2.45, 2.75) is 57.7 Å². The number of hydrogen-bond acceptors (Lipinski definition) is 7. The molecule has 0 aliphatic heterocycles. The fraction of sp³-hybridized carbons (Fsp3) is 0.372. The third-order valence-corrected chi connectivity index (χ3v) is 9.83. The first-order valence-corrected chi connectivity index (χ1v) is 19.1. The van der Waals surface area contributed by atoms with Crippen LogP contribution < -0.4 is 10.6 Å². The van der Waals surface area contributed by atoms with Crippen LogP contribution in [0.2, 0.25) is 0 Å². The fourth-order valence-corrected chi connectivity index (χ4v) is 7.07. The zero-order chi connectivity index (χ0) is 37.2. The standard InChI is InChI=1S/C43H52N2O6S/c1-4-50-41(49)40(48)37(33-17-9-5-10-18-33)26-29-52-30-28-45-38(46)25-27-44-39(47)31-42(2,3)32-51-43(34-19-11-6-12-20-34,35-21-13-7-14-22-35)36-23-15-8-16-24-36/h5-24,37,40,48H,4,25-32H2,1-3H3,(H,44,47)(H,45,46). The van der Waals surface area contributed by atoms with E-state index in [1.165, 1.54) is 0 Å². The largest absolute Gasteiger partial charge is 0.464 e. The lowest BCUT2D eigenvalue weighted by Gasteiger charge is -2.38. The number of carbonyl (C=O) groups is 3. The van der Waals surface area contributed by atoms with Crippen LogP contribution in [0.1, 0.15) is 68.2 Å². The quantitative estimate of drug-likeness (QED) is 0.0489. The van der Waals surface area contributed by atoms with Crippen molar-refractivity contribution in [3.05, 3.63) is 144 Å². The number of esters is 1. The molecule has 0 fully saturated rings.